The van der Waals surface area contributed by atoms with Crippen molar-refractivity contribution in [3.63, 3.8) is 0 Å². The summed E-state index contributed by atoms with van der Waals surface area (Å²) in [4.78, 5) is 7.90. The van der Waals surface area contributed by atoms with E-state index in [4.69, 9.17) is 0 Å². The third kappa shape index (κ3) is 2.48. The Morgan fingerprint density at radius 2 is 2.17 bits per heavy atom. The number of piperazine rings is 1. The Bertz CT molecular complexity index is 420. The van der Waals surface area contributed by atoms with Gasteiger partial charge in [-0.05, 0) is 32.4 Å². The van der Waals surface area contributed by atoms with Crippen LogP contribution in [0.1, 0.15) is 23.1 Å². The number of aliphatic hydroxyl groups is 1. The van der Waals surface area contributed by atoms with Gasteiger partial charge in [0.05, 0.1) is 6.10 Å². The molecule has 0 aliphatic carbocycles. The van der Waals surface area contributed by atoms with Gasteiger partial charge in [0.15, 0.2) is 0 Å². The number of rotatable bonds is 2. The minimum atomic E-state index is -0.105. The molecule has 0 spiro atoms. The van der Waals surface area contributed by atoms with Gasteiger partial charge in [-0.3, -0.25) is 9.80 Å². The molecule has 0 amide bonds. The Labute approximate surface area is 113 Å². The second-order valence-electron chi connectivity index (χ2n) is 5.79. The summed E-state index contributed by atoms with van der Waals surface area (Å²) in [6.07, 6.45) is 0.846. The normalized spacial score (nSPS) is 33.8. The van der Waals surface area contributed by atoms with Gasteiger partial charge in [0.25, 0.3) is 0 Å². The topological polar surface area (TPSA) is 26.7 Å². The Balaban J connectivity index is 1.66. The van der Waals surface area contributed by atoms with Crippen molar-refractivity contribution in [3.8, 4) is 0 Å². The number of fused-ring (bicyclic) bond motifs is 1. The zero-order valence-electron chi connectivity index (χ0n) is 11.2. The summed E-state index contributed by atoms with van der Waals surface area (Å²) in [6.45, 7) is 8.63. The van der Waals surface area contributed by atoms with Crippen LogP contribution >= 0.6 is 11.3 Å². The van der Waals surface area contributed by atoms with Gasteiger partial charge < -0.3 is 5.11 Å². The maximum Gasteiger partial charge on any atom is 0.0682 e. The molecular formula is C14H22N2OS. The van der Waals surface area contributed by atoms with E-state index in [1.165, 1.54) is 9.75 Å². The second kappa shape index (κ2) is 4.93. The van der Waals surface area contributed by atoms with E-state index in [-0.39, 0.29) is 6.10 Å². The van der Waals surface area contributed by atoms with Crippen LogP contribution in [0.4, 0.5) is 0 Å². The number of aryl methyl sites for hydroxylation is 1. The second-order valence-corrected chi connectivity index (χ2v) is 7.16. The molecule has 2 saturated heterocycles. The number of hydrogen-bond acceptors (Lipinski definition) is 4. The van der Waals surface area contributed by atoms with Crippen molar-refractivity contribution in [2.24, 2.45) is 0 Å². The van der Waals surface area contributed by atoms with Crippen molar-refractivity contribution in [3.05, 3.63) is 21.9 Å². The van der Waals surface area contributed by atoms with Gasteiger partial charge in [-0.15, -0.1) is 11.3 Å². The van der Waals surface area contributed by atoms with Crippen LogP contribution in [-0.2, 0) is 6.54 Å². The third-order valence-electron chi connectivity index (χ3n) is 4.23. The smallest absolute Gasteiger partial charge is 0.0682 e. The highest BCUT2D eigenvalue weighted by Gasteiger charge is 2.37. The lowest BCUT2D eigenvalue weighted by Gasteiger charge is -2.42. The zero-order valence-corrected chi connectivity index (χ0v) is 12.0. The van der Waals surface area contributed by atoms with Crippen molar-refractivity contribution in [2.45, 2.75) is 45.0 Å². The molecule has 3 nitrogen and oxygen atoms in total. The maximum absolute atomic E-state index is 9.77. The summed E-state index contributed by atoms with van der Waals surface area (Å²) in [7, 11) is 0. The highest BCUT2D eigenvalue weighted by Crippen LogP contribution is 2.27. The summed E-state index contributed by atoms with van der Waals surface area (Å²) in [5.74, 6) is 0. The molecule has 2 fully saturated rings. The number of nitrogens with zero attached hydrogens (tertiary/aromatic N) is 2. The van der Waals surface area contributed by atoms with E-state index >= 15 is 0 Å². The van der Waals surface area contributed by atoms with Crippen molar-refractivity contribution in [2.75, 3.05) is 19.6 Å². The molecule has 100 valence electrons. The highest BCUT2D eigenvalue weighted by molar-refractivity contribution is 7.11. The lowest BCUT2D eigenvalue weighted by atomic mass is 10.1. The molecule has 1 aromatic rings. The molecule has 1 unspecified atom stereocenters. The van der Waals surface area contributed by atoms with Crippen molar-refractivity contribution >= 4 is 11.3 Å². The van der Waals surface area contributed by atoms with E-state index in [0.717, 1.165) is 32.6 Å². The van der Waals surface area contributed by atoms with E-state index in [1.807, 2.05) is 11.3 Å². The molecule has 0 saturated carbocycles. The number of hydrogen-bond donors (Lipinski definition) is 1. The predicted octanol–water partition coefficient (Wildman–Crippen LogP) is 1.70. The summed E-state index contributed by atoms with van der Waals surface area (Å²) in [5.41, 5.74) is 0. The van der Waals surface area contributed by atoms with Crippen LogP contribution in [0.15, 0.2) is 12.1 Å². The molecule has 0 bridgehead atoms. The number of aliphatic hydroxyl groups excluding tert-OH is 1. The van der Waals surface area contributed by atoms with Gasteiger partial charge in [0, 0.05) is 48.0 Å². The van der Waals surface area contributed by atoms with Crippen LogP contribution < -0.4 is 0 Å². The van der Waals surface area contributed by atoms with E-state index in [2.05, 4.69) is 35.8 Å². The first kappa shape index (κ1) is 12.6. The van der Waals surface area contributed by atoms with Crippen LogP contribution in [-0.4, -0.2) is 52.7 Å². The van der Waals surface area contributed by atoms with Crippen LogP contribution in [0, 0.1) is 6.92 Å². The van der Waals surface area contributed by atoms with Gasteiger partial charge in [-0.25, -0.2) is 0 Å². The SMILES string of the molecule is Cc1ccc(CN2CC3C[C@@H](O)CN3C[C@@H]2C)s1. The molecule has 0 aromatic carbocycles. The third-order valence-corrected chi connectivity index (χ3v) is 5.21. The zero-order chi connectivity index (χ0) is 12.7. The van der Waals surface area contributed by atoms with Gasteiger partial charge in [0.2, 0.25) is 0 Å². The molecule has 1 aromatic heterocycles. The average Bonchev–Trinajstić information content (AvgIpc) is 2.85. The van der Waals surface area contributed by atoms with E-state index in [0.29, 0.717) is 12.1 Å². The van der Waals surface area contributed by atoms with Crippen LogP contribution in [0.3, 0.4) is 0 Å². The largest absolute Gasteiger partial charge is 0.392 e. The highest BCUT2D eigenvalue weighted by atomic mass is 32.1. The molecule has 3 rings (SSSR count). The van der Waals surface area contributed by atoms with Gasteiger partial charge in [-0.2, -0.15) is 0 Å². The Kier molecular flexibility index (Phi) is 3.45. The van der Waals surface area contributed by atoms with Crippen LogP contribution in [0.2, 0.25) is 0 Å². The van der Waals surface area contributed by atoms with Crippen molar-refractivity contribution < 1.29 is 5.11 Å². The average molecular weight is 266 g/mol. The standard InChI is InChI=1S/C14H22N2OS/c1-10-6-16-8-13(17)5-12(16)7-15(10)9-14-4-3-11(2)18-14/h3-4,10,12-13,17H,5-9H2,1-2H3/t10-,12?,13+/m0/s1. The first-order chi connectivity index (χ1) is 8.61. The summed E-state index contributed by atoms with van der Waals surface area (Å²) >= 11 is 1.90. The molecule has 0 radical (unpaired) electrons. The minimum Gasteiger partial charge on any atom is -0.392 e. The molecule has 18 heavy (non-hydrogen) atoms. The quantitative estimate of drug-likeness (QED) is 0.882. The molecule has 1 N–H and O–H groups in total. The summed E-state index contributed by atoms with van der Waals surface area (Å²) in [5, 5.41) is 9.77. The van der Waals surface area contributed by atoms with E-state index in [1.54, 1.807) is 0 Å². The molecule has 2 aliphatic rings. The summed E-state index contributed by atoms with van der Waals surface area (Å²) in [6, 6.07) is 5.62. The lowest BCUT2D eigenvalue weighted by molar-refractivity contribution is 0.0535. The van der Waals surface area contributed by atoms with E-state index < -0.39 is 0 Å². The monoisotopic (exact) mass is 266 g/mol. The molecule has 2 aliphatic heterocycles. The van der Waals surface area contributed by atoms with Crippen molar-refractivity contribution in [1.82, 2.24) is 9.80 Å². The molecular weight excluding hydrogens is 244 g/mol. The molecule has 3 atom stereocenters. The first-order valence-electron chi connectivity index (χ1n) is 6.83. The number of thiophene rings is 1. The van der Waals surface area contributed by atoms with Gasteiger partial charge in [0.1, 0.15) is 0 Å². The Hall–Kier alpha value is -0.420. The fraction of sp³-hybridized carbons (Fsp3) is 0.714. The van der Waals surface area contributed by atoms with Crippen molar-refractivity contribution in [1.29, 1.82) is 0 Å². The van der Waals surface area contributed by atoms with Gasteiger partial charge >= 0.3 is 0 Å². The fourth-order valence-electron chi connectivity index (χ4n) is 3.27. The van der Waals surface area contributed by atoms with Crippen LogP contribution in [0.5, 0.6) is 0 Å². The van der Waals surface area contributed by atoms with Gasteiger partial charge in [-0.1, -0.05) is 0 Å². The Morgan fingerprint density at radius 3 is 2.89 bits per heavy atom. The minimum absolute atomic E-state index is 0.105. The van der Waals surface area contributed by atoms with Crippen LogP contribution in [0.25, 0.3) is 0 Å². The van der Waals surface area contributed by atoms with E-state index in [9.17, 15) is 5.11 Å². The summed E-state index contributed by atoms with van der Waals surface area (Å²) < 4.78 is 0. The maximum atomic E-state index is 9.77. The Morgan fingerprint density at radius 1 is 1.33 bits per heavy atom. The first-order valence-corrected chi connectivity index (χ1v) is 7.65. The molecule has 4 heteroatoms. The fourth-order valence-corrected chi connectivity index (χ4v) is 4.18. The predicted molar refractivity (Wildman–Crippen MR) is 74.9 cm³/mol. The lowest BCUT2D eigenvalue weighted by Crippen LogP contribution is -2.54. The molecule has 3 heterocycles.